The van der Waals surface area contributed by atoms with Crippen LogP contribution in [0.4, 0.5) is 0 Å². The highest BCUT2D eigenvalue weighted by atomic mass is 16.6. The Morgan fingerprint density at radius 1 is 0.871 bits per heavy atom. The van der Waals surface area contributed by atoms with E-state index in [4.69, 9.17) is 4.74 Å². The molecule has 0 fully saturated rings. The fourth-order valence-corrected chi connectivity index (χ4v) is 4.60. The highest BCUT2D eigenvalue weighted by Gasteiger charge is 2.50. The van der Waals surface area contributed by atoms with Crippen LogP contribution < -0.4 is 5.43 Å². The molecule has 0 amide bonds. The van der Waals surface area contributed by atoms with Crippen LogP contribution in [-0.4, -0.2) is 10.5 Å². The second-order valence-electron chi connectivity index (χ2n) is 7.70. The van der Waals surface area contributed by atoms with Gasteiger partial charge >= 0.3 is 5.97 Å². The van der Waals surface area contributed by atoms with Crippen LogP contribution in [0.25, 0.3) is 11.1 Å². The fraction of sp³-hybridized carbons (Fsp3) is 0.111. The van der Waals surface area contributed by atoms with Gasteiger partial charge < -0.3 is 9.30 Å². The SMILES string of the molecule is CC(=O)OC1(c2ccccc2)c2ccccc2-c2c1n(Cc1ccccc1)ccc2=O. The molecule has 0 saturated carbocycles. The minimum absolute atomic E-state index is 0.0864. The topological polar surface area (TPSA) is 48.3 Å². The van der Waals surface area contributed by atoms with E-state index in [1.807, 2.05) is 89.5 Å². The summed E-state index contributed by atoms with van der Waals surface area (Å²) in [6, 6.07) is 29.0. The zero-order valence-corrected chi connectivity index (χ0v) is 17.1. The largest absolute Gasteiger partial charge is 0.443 e. The molecule has 4 heteroatoms. The van der Waals surface area contributed by atoms with Gasteiger partial charge in [-0.15, -0.1) is 0 Å². The lowest BCUT2D eigenvalue weighted by Gasteiger charge is -2.33. The highest BCUT2D eigenvalue weighted by molar-refractivity contribution is 5.83. The molecule has 5 rings (SSSR count). The highest BCUT2D eigenvalue weighted by Crippen LogP contribution is 2.52. The van der Waals surface area contributed by atoms with Crippen molar-refractivity contribution in [3.8, 4) is 11.1 Å². The number of ether oxygens (including phenoxy) is 1. The molecule has 1 atom stereocenters. The Morgan fingerprint density at radius 3 is 2.23 bits per heavy atom. The molecule has 3 aromatic carbocycles. The Morgan fingerprint density at radius 2 is 1.52 bits per heavy atom. The third-order valence-corrected chi connectivity index (χ3v) is 5.76. The van der Waals surface area contributed by atoms with Crippen LogP contribution in [-0.2, 0) is 21.7 Å². The summed E-state index contributed by atoms with van der Waals surface area (Å²) in [5, 5.41) is 0. The lowest BCUT2D eigenvalue weighted by molar-refractivity contribution is -0.150. The van der Waals surface area contributed by atoms with Crippen molar-refractivity contribution in [1.82, 2.24) is 4.57 Å². The Hall–Kier alpha value is -3.92. The molecule has 0 bridgehead atoms. The number of hydrogen-bond donors (Lipinski definition) is 0. The molecule has 0 radical (unpaired) electrons. The van der Waals surface area contributed by atoms with Gasteiger partial charge in [0, 0.05) is 36.9 Å². The van der Waals surface area contributed by atoms with Gasteiger partial charge in [-0.1, -0.05) is 84.9 Å². The third-order valence-electron chi connectivity index (χ3n) is 5.76. The lowest BCUT2D eigenvalue weighted by Crippen LogP contribution is -2.36. The van der Waals surface area contributed by atoms with Crippen LogP contribution in [0.2, 0.25) is 0 Å². The van der Waals surface area contributed by atoms with Crippen molar-refractivity contribution in [1.29, 1.82) is 0 Å². The maximum Gasteiger partial charge on any atom is 0.304 e. The van der Waals surface area contributed by atoms with Gasteiger partial charge in [0.25, 0.3) is 0 Å². The predicted molar refractivity (Wildman–Crippen MR) is 120 cm³/mol. The maximum atomic E-state index is 13.1. The molecule has 0 spiro atoms. The number of fused-ring (bicyclic) bond motifs is 3. The molecule has 1 aromatic heterocycles. The summed E-state index contributed by atoms with van der Waals surface area (Å²) in [6.45, 7) is 1.96. The number of benzene rings is 3. The van der Waals surface area contributed by atoms with Gasteiger partial charge in [-0.3, -0.25) is 9.59 Å². The molecule has 4 aromatic rings. The van der Waals surface area contributed by atoms with Gasteiger partial charge in [-0.25, -0.2) is 0 Å². The number of nitrogens with zero attached hydrogens (tertiary/aromatic N) is 1. The third kappa shape index (κ3) is 2.99. The number of hydrogen-bond acceptors (Lipinski definition) is 3. The van der Waals surface area contributed by atoms with Gasteiger partial charge in [0.2, 0.25) is 5.60 Å². The molecular weight excluding hydrogens is 386 g/mol. The van der Waals surface area contributed by atoms with Gasteiger partial charge in [0.1, 0.15) is 0 Å². The molecule has 4 nitrogen and oxygen atoms in total. The van der Waals surface area contributed by atoms with Crippen LogP contribution >= 0.6 is 0 Å². The van der Waals surface area contributed by atoms with E-state index in [1.54, 1.807) is 12.3 Å². The summed E-state index contributed by atoms with van der Waals surface area (Å²) in [4.78, 5) is 25.6. The van der Waals surface area contributed by atoms with Crippen molar-refractivity contribution >= 4 is 5.97 Å². The Balaban J connectivity index is 1.88. The summed E-state index contributed by atoms with van der Waals surface area (Å²) < 4.78 is 8.20. The average molecular weight is 407 g/mol. The number of carbonyl (C=O) groups excluding carboxylic acids is 1. The van der Waals surface area contributed by atoms with Gasteiger partial charge in [-0.05, 0) is 11.1 Å². The van der Waals surface area contributed by atoms with Gasteiger partial charge in [-0.2, -0.15) is 0 Å². The van der Waals surface area contributed by atoms with E-state index >= 15 is 0 Å². The van der Waals surface area contributed by atoms with E-state index in [9.17, 15) is 9.59 Å². The van der Waals surface area contributed by atoms with Crippen LogP contribution in [0.3, 0.4) is 0 Å². The van der Waals surface area contributed by atoms with Crippen molar-refractivity contribution in [3.05, 3.63) is 130 Å². The van der Waals surface area contributed by atoms with Crippen LogP contribution in [0.5, 0.6) is 0 Å². The zero-order valence-electron chi connectivity index (χ0n) is 17.1. The van der Waals surface area contributed by atoms with E-state index in [-0.39, 0.29) is 5.43 Å². The Kier molecular flexibility index (Phi) is 4.55. The zero-order chi connectivity index (χ0) is 21.4. The first-order chi connectivity index (χ1) is 15.1. The Labute approximate surface area is 180 Å². The fourth-order valence-electron chi connectivity index (χ4n) is 4.60. The summed E-state index contributed by atoms with van der Waals surface area (Å²) in [5.74, 6) is -0.408. The molecular formula is C27H21NO3. The first-order valence-electron chi connectivity index (χ1n) is 10.2. The second kappa shape index (κ2) is 7.40. The molecule has 0 saturated heterocycles. The maximum absolute atomic E-state index is 13.1. The first-order valence-corrected chi connectivity index (χ1v) is 10.2. The normalized spacial score (nSPS) is 16.4. The quantitative estimate of drug-likeness (QED) is 0.460. The molecule has 1 aliphatic carbocycles. The van der Waals surface area contributed by atoms with E-state index in [0.29, 0.717) is 17.8 Å². The smallest absolute Gasteiger partial charge is 0.304 e. The van der Waals surface area contributed by atoms with Gasteiger partial charge in [0.15, 0.2) is 5.43 Å². The lowest BCUT2D eigenvalue weighted by atomic mass is 9.86. The summed E-state index contributed by atoms with van der Waals surface area (Å²) in [6.07, 6.45) is 1.79. The van der Waals surface area contributed by atoms with Gasteiger partial charge in [0.05, 0.1) is 11.3 Å². The second-order valence-corrected chi connectivity index (χ2v) is 7.70. The van der Waals surface area contributed by atoms with Crippen molar-refractivity contribution in [2.24, 2.45) is 0 Å². The van der Waals surface area contributed by atoms with Crippen molar-refractivity contribution < 1.29 is 9.53 Å². The molecule has 152 valence electrons. The molecule has 1 heterocycles. The van der Waals surface area contributed by atoms with Crippen LogP contribution in [0.1, 0.15) is 29.3 Å². The van der Waals surface area contributed by atoms with Crippen molar-refractivity contribution in [2.75, 3.05) is 0 Å². The van der Waals surface area contributed by atoms with E-state index in [0.717, 1.165) is 22.3 Å². The number of esters is 1. The standard InChI is InChI=1S/C27H21NO3/c1-19(29)31-27(21-12-6-3-7-13-21)23-15-9-8-14-22(23)25-24(30)16-17-28(26(25)27)18-20-10-4-2-5-11-20/h2-17H,18H2,1H3. The van der Waals surface area contributed by atoms with E-state index in [1.165, 1.54) is 6.92 Å². The van der Waals surface area contributed by atoms with Crippen LogP contribution in [0.15, 0.2) is 102 Å². The molecule has 1 unspecified atom stereocenters. The molecule has 1 aliphatic rings. The van der Waals surface area contributed by atoms with Crippen molar-refractivity contribution in [3.63, 3.8) is 0 Å². The minimum Gasteiger partial charge on any atom is -0.443 e. The summed E-state index contributed by atoms with van der Waals surface area (Å²) in [7, 11) is 0. The van der Waals surface area contributed by atoms with Crippen molar-refractivity contribution in [2.45, 2.75) is 19.1 Å². The van der Waals surface area contributed by atoms with E-state index in [2.05, 4.69) is 0 Å². The van der Waals surface area contributed by atoms with Crippen LogP contribution in [0, 0.1) is 0 Å². The number of rotatable bonds is 4. The summed E-state index contributed by atoms with van der Waals surface area (Å²) >= 11 is 0. The molecule has 31 heavy (non-hydrogen) atoms. The minimum atomic E-state index is -1.20. The number of aromatic nitrogens is 1. The van der Waals surface area contributed by atoms with E-state index < -0.39 is 11.6 Å². The predicted octanol–water partition coefficient (Wildman–Crippen LogP) is 4.73. The first kappa shape index (κ1) is 19.1. The average Bonchev–Trinajstić information content (AvgIpc) is 3.09. The number of carbonyl (C=O) groups is 1. The Bertz CT molecular complexity index is 1330. The molecule has 0 aliphatic heterocycles. The molecule has 0 N–H and O–H groups in total. The number of pyridine rings is 1. The monoisotopic (exact) mass is 407 g/mol. The summed E-state index contributed by atoms with van der Waals surface area (Å²) in [5.41, 5.74) is 3.49.